The third kappa shape index (κ3) is 4.66. The van der Waals surface area contributed by atoms with Crippen LogP contribution in [0.5, 0.6) is 0 Å². The SMILES string of the molecule is C1CC(COCC2CS2)CC1COCC1CS1. The van der Waals surface area contributed by atoms with Crippen LogP contribution in [-0.4, -0.2) is 48.4 Å². The van der Waals surface area contributed by atoms with E-state index in [1.807, 2.05) is 23.5 Å². The fraction of sp³-hybridized carbons (Fsp3) is 1.00. The van der Waals surface area contributed by atoms with Gasteiger partial charge < -0.3 is 9.47 Å². The number of ether oxygens (including phenoxy) is 2. The molecule has 2 nitrogen and oxygen atoms in total. The molecule has 4 unspecified atom stereocenters. The second-order valence-electron chi connectivity index (χ2n) is 5.53. The average molecular weight is 274 g/mol. The topological polar surface area (TPSA) is 18.5 Å². The van der Waals surface area contributed by atoms with Crippen molar-refractivity contribution < 1.29 is 9.47 Å². The van der Waals surface area contributed by atoms with Crippen LogP contribution >= 0.6 is 23.5 Å². The van der Waals surface area contributed by atoms with Crippen LogP contribution in [0, 0.1) is 11.8 Å². The highest BCUT2D eigenvalue weighted by molar-refractivity contribution is 8.07. The van der Waals surface area contributed by atoms with E-state index in [1.165, 1.54) is 30.8 Å². The van der Waals surface area contributed by atoms with Crippen molar-refractivity contribution >= 4 is 23.5 Å². The Balaban J connectivity index is 1.22. The van der Waals surface area contributed by atoms with Gasteiger partial charge in [-0.1, -0.05) is 0 Å². The minimum atomic E-state index is 0.808. The van der Waals surface area contributed by atoms with Crippen molar-refractivity contribution in [1.82, 2.24) is 0 Å². The van der Waals surface area contributed by atoms with E-state index in [9.17, 15) is 0 Å². The van der Waals surface area contributed by atoms with Crippen molar-refractivity contribution in [3.8, 4) is 0 Å². The first-order valence-corrected chi connectivity index (χ1v) is 8.88. The first-order chi connectivity index (χ1) is 8.40. The van der Waals surface area contributed by atoms with Crippen LogP contribution in [-0.2, 0) is 9.47 Å². The summed E-state index contributed by atoms with van der Waals surface area (Å²) >= 11 is 4.05. The molecule has 0 aromatic heterocycles. The molecule has 3 fully saturated rings. The van der Waals surface area contributed by atoms with Gasteiger partial charge in [0.25, 0.3) is 0 Å². The van der Waals surface area contributed by atoms with Crippen LogP contribution in [0.2, 0.25) is 0 Å². The molecule has 0 amide bonds. The number of thioether (sulfide) groups is 2. The van der Waals surface area contributed by atoms with Gasteiger partial charge in [-0.25, -0.2) is 0 Å². The van der Waals surface area contributed by atoms with Gasteiger partial charge in [0.2, 0.25) is 0 Å². The van der Waals surface area contributed by atoms with Crippen molar-refractivity contribution in [2.24, 2.45) is 11.8 Å². The summed E-state index contributed by atoms with van der Waals surface area (Å²) in [4.78, 5) is 0. The molecule has 2 heterocycles. The zero-order valence-corrected chi connectivity index (χ0v) is 11.9. The molecule has 0 spiro atoms. The van der Waals surface area contributed by atoms with E-state index >= 15 is 0 Å². The molecule has 2 aliphatic heterocycles. The Bertz CT molecular complexity index is 218. The second-order valence-corrected chi connectivity index (χ2v) is 8.20. The van der Waals surface area contributed by atoms with Crippen LogP contribution in [0.1, 0.15) is 19.3 Å². The molecule has 4 heteroatoms. The Hall–Kier alpha value is 0.620. The van der Waals surface area contributed by atoms with E-state index in [1.54, 1.807) is 0 Å². The van der Waals surface area contributed by atoms with E-state index in [0.717, 1.165) is 48.8 Å². The van der Waals surface area contributed by atoms with Gasteiger partial charge in [0.1, 0.15) is 0 Å². The molecule has 1 aliphatic carbocycles. The minimum absolute atomic E-state index is 0.808. The van der Waals surface area contributed by atoms with E-state index in [0.29, 0.717) is 0 Å². The van der Waals surface area contributed by atoms with Crippen molar-refractivity contribution in [2.75, 3.05) is 37.9 Å². The summed E-state index contributed by atoms with van der Waals surface area (Å²) in [5.41, 5.74) is 0. The Morgan fingerprint density at radius 3 is 1.65 bits per heavy atom. The summed E-state index contributed by atoms with van der Waals surface area (Å²) < 4.78 is 11.6. The molecule has 0 bridgehead atoms. The summed E-state index contributed by atoms with van der Waals surface area (Å²) in [7, 11) is 0. The predicted molar refractivity (Wildman–Crippen MR) is 75.0 cm³/mol. The second kappa shape index (κ2) is 6.18. The molecule has 0 radical (unpaired) electrons. The van der Waals surface area contributed by atoms with Gasteiger partial charge in [-0.15, -0.1) is 0 Å². The Morgan fingerprint density at radius 2 is 1.24 bits per heavy atom. The quantitative estimate of drug-likeness (QED) is 0.633. The zero-order valence-electron chi connectivity index (χ0n) is 10.3. The third-order valence-electron chi connectivity index (χ3n) is 3.77. The van der Waals surface area contributed by atoms with Gasteiger partial charge in [0.15, 0.2) is 0 Å². The van der Waals surface area contributed by atoms with E-state index in [4.69, 9.17) is 9.47 Å². The van der Waals surface area contributed by atoms with Gasteiger partial charge in [-0.05, 0) is 31.1 Å². The molecule has 0 aromatic rings. The molecular weight excluding hydrogens is 252 g/mol. The monoisotopic (exact) mass is 274 g/mol. The molecular formula is C13H22O2S2. The van der Waals surface area contributed by atoms with Crippen LogP contribution in [0.15, 0.2) is 0 Å². The van der Waals surface area contributed by atoms with Gasteiger partial charge in [0.05, 0.1) is 13.2 Å². The summed E-state index contributed by atoms with van der Waals surface area (Å²) in [6, 6.07) is 0. The van der Waals surface area contributed by atoms with Gasteiger partial charge in [-0.3, -0.25) is 0 Å². The minimum Gasteiger partial charge on any atom is -0.380 e. The van der Waals surface area contributed by atoms with Gasteiger partial charge >= 0.3 is 0 Å². The maximum atomic E-state index is 5.78. The van der Waals surface area contributed by atoms with E-state index in [2.05, 4.69) is 0 Å². The third-order valence-corrected chi connectivity index (χ3v) is 5.65. The highest BCUT2D eigenvalue weighted by atomic mass is 32.2. The van der Waals surface area contributed by atoms with Crippen LogP contribution < -0.4 is 0 Å². The lowest BCUT2D eigenvalue weighted by atomic mass is 10.1. The highest BCUT2D eigenvalue weighted by Crippen LogP contribution is 2.34. The molecule has 3 aliphatic rings. The van der Waals surface area contributed by atoms with Gasteiger partial charge in [0, 0.05) is 35.2 Å². The molecule has 98 valence electrons. The Kier molecular flexibility index (Phi) is 4.59. The first-order valence-electron chi connectivity index (χ1n) is 6.79. The maximum absolute atomic E-state index is 5.78. The Morgan fingerprint density at radius 1 is 0.765 bits per heavy atom. The lowest BCUT2D eigenvalue weighted by Gasteiger charge is -2.12. The summed E-state index contributed by atoms with van der Waals surface area (Å²) in [5.74, 6) is 4.26. The lowest BCUT2D eigenvalue weighted by molar-refractivity contribution is 0.0910. The van der Waals surface area contributed by atoms with Crippen LogP contribution in [0.4, 0.5) is 0 Å². The van der Waals surface area contributed by atoms with Gasteiger partial charge in [-0.2, -0.15) is 23.5 Å². The predicted octanol–water partition coefficient (Wildman–Crippen LogP) is 2.67. The normalized spacial score (nSPS) is 39.5. The zero-order chi connectivity index (χ0) is 11.5. The molecule has 4 atom stereocenters. The standard InChI is InChI=1S/C13H22O2S2/c1-2-11(5-15-7-13-9-17-13)3-10(1)4-14-6-12-8-16-12/h10-13H,1-9H2. The Labute approximate surface area is 113 Å². The largest absolute Gasteiger partial charge is 0.380 e. The summed E-state index contributed by atoms with van der Waals surface area (Å²) in [5, 5.41) is 1.65. The fourth-order valence-electron chi connectivity index (χ4n) is 2.54. The van der Waals surface area contributed by atoms with Crippen molar-refractivity contribution in [3.63, 3.8) is 0 Å². The molecule has 3 rings (SSSR count). The summed E-state index contributed by atoms with van der Waals surface area (Å²) in [6.07, 6.45) is 4.03. The fourth-order valence-corrected chi connectivity index (χ4v) is 3.39. The maximum Gasteiger partial charge on any atom is 0.0593 e. The van der Waals surface area contributed by atoms with Crippen molar-refractivity contribution in [3.05, 3.63) is 0 Å². The molecule has 0 N–H and O–H groups in total. The number of rotatable bonds is 8. The van der Waals surface area contributed by atoms with Crippen LogP contribution in [0.25, 0.3) is 0 Å². The molecule has 0 aromatic carbocycles. The van der Waals surface area contributed by atoms with E-state index in [-0.39, 0.29) is 0 Å². The first kappa shape index (κ1) is 12.6. The van der Waals surface area contributed by atoms with Crippen molar-refractivity contribution in [2.45, 2.75) is 29.8 Å². The smallest absolute Gasteiger partial charge is 0.0593 e. The highest BCUT2D eigenvalue weighted by Gasteiger charge is 2.28. The van der Waals surface area contributed by atoms with E-state index < -0.39 is 0 Å². The average Bonchev–Trinajstić information content (AvgIpc) is 3.22. The molecule has 2 saturated heterocycles. The lowest BCUT2D eigenvalue weighted by Crippen LogP contribution is -2.12. The number of hydrogen-bond acceptors (Lipinski definition) is 4. The summed E-state index contributed by atoms with van der Waals surface area (Å²) in [6.45, 7) is 3.96. The van der Waals surface area contributed by atoms with Crippen LogP contribution in [0.3, 0.4) is 0 Å². The van der Waals surface area contributed by atoms with Crippen molar-refractivity contribution in [1.29, 1.82) is 0 Å². The molecule has 1 saturated carbocycles. The number of hydrogen-bond donors (Lipinski definition) is 0. The molecule has 17 heavy (non-hydrogen) atoms.